The van der Waals surface area contributed by atoms with E-state index in [9.17, 15) is 9.67 Å². The number of hydrogen-bond donors (Lipinski definition) is 1. The molecule has 0 spiro atoms. The largest absolute Gasteiger partial charge is 0.508 e. The Bertz CT molecular complexity index is 1170. The van der Waals surface area contributed by atoms with Crippen LogP contribution in [0, 0.1) is 13.8 Å². The van der Waals surface area contributed by atoms with Gasteiger partial charge in [-0.1, -0.05) is 32.0 Å². The number of aryl methyl sites for hydroxylation is 2. The molecule has 2 heterocycles. The molecule has 2 aromatic carbocycles. The SMILES string of the molecule is Cc1cc(OC[P@@]2(=O)OCC[C@@H](c3cccnc3)O2)cc(C)c1Cc1ccc(O)c(C(C)C)c1. The van der Waals surface area contributed by atoms with Crippen molar-refractivity contribution in [2.75, 3.05) is 13.0 Å². The third-order valence-corrected chi connectivity index (χ3v) is 7.76. The molecule has 0 radical (unpaired) electrons. The number of aromatic hydroxyl groups is 1. The van der Waals surface area contributed by atoms with Crippen molar-refractivity contribution in [1.82, 2.24) is 4.98 Å². The first-order valence-corrected chi connectivity index (χ1v) is 13.3. The molecule has 1 aromatic heterocycles. The molecule has 34 heavy (non-hydrogen) atoms. The van der Waals surface area contributed by atoms with Crippen molar-refractivity contribution < 1.29 is 23.5 Å². The highest BCUT2D eigenvalue weighted by Crippen LogP contribution is 2.55. The Kier molecular flexibility index (Phi) is 7.42. The highest BCUT2D eigenvalue weighted by Gasteiger charge is 2.35. The molecule has 1 N–H and O–H groups in total. The Morgan fingerprint density at radius 2 is 1.94 bits per heavy atom. The van der Waals surface area contributed by atoms with Gasteiger partial charge in [0.15, 0.2) is 6.35 Å². The number of aromatic nitrogens is 1. The molecule has 0 aliphatic carbocycles. The molecule has 180 valence electrons. The second-order valence-electron chi connectivity index (χ2n) is 9.15. The summed E-state index contributed by atoms with van der Waals surface area (Å²) < 4.78 is 30.4. The lowest BCUT2D eigenvalue weighted by Crippen LogP contribution is -2.17. The fourth-order valence-electron chi connectivity index (χ4n) is 4.29. The zero-order valence-electron chi connectivity index (χ0n) is 20.2. The predicted octanol–water partition coefficient (Wildman–Crippen LogP) is 6.83. The van der Waals surface area contributed by atoms with E-state index >= 15 is 0 Å². The molecule has 0 amide bonds. The fourth-order valence-corrected chi connectivity index (χ4v) is 5.79. The zero-order chi connectivity index (χ0) is 24.3. The monoisotopic (exact) mass is 481 g/mol. The van der Waals surface area contributed by atoms with Gasteiger partial charge in [0.25, 0.3) is 0 Å². The van der Waals surface area contributed by atoms with Gasteiger partial charge >= 0.3 is 7.60 Å². The van der Waals surface area contributed by atoms with Crippen LogP contribution < -0.4 is 4.74 Å². The Morgan fingerprint density at radius 3 is 2.62 bits per heavy atom. The van der Waals surface area contributed by atoms with E-state index in [1.165, 1.54) is 5.56 Å². The standard InChI is InChI=1S/C27H32NO5P/c1-18(2)24-14-21(7-8-26(24)29)15-25-19(3)12-23(13-20(25)4)31-17-34(30)32-11-9-27(33-34)22-6-5-10-28-16-22/h5-8,10,12-14,16,18,27,29H,9,11,15,17H2,1-4H3/t27-,34+/m0/s1. The quantitative estimate of drug-likeness (QED) is 0.373. The van der Waals surface area contributed by atoms with Gasteiger partial charge in [-0.25, -0.2) is 0 Å². The second-order valence-corrected chi connectivity index (χ2v) is 11.1. The zero-order valence-corrected chi connectivity index (χ0v) is 21.0. The van der Waals surface area contributed by atoms with E-state index in [1.807, 2.05) is 44.2 Å². The number of ether oxygens (including phenoxy) is 1. The molecule has 1 saturated heterocycles. The number of rotatable bonds is 7. The van der Waals surface area contributed by atoms with Crippen LogP contribution in [0.4, 0.5) is 0 Å². The van der Waals surface area contributed by atoms with E-state index in [-0.39, 0.29) is 18.4 Å². The Hall–Kier alpha value is -2.66. The summed E-state index contributed by atoms with van der Waals surface area (Å²) in [7, 11) is -3.39. The molecule has 0 saturated carbocycles. The number of pyridine rings is 1. The predicted molar refractivity (Wildman–Crippen MR) is 133 cm³/mol. The molecular weight excluding hydrogens is 449 g/mol. The van der Waals surface area contributed by atoms with E-state index in [4.69, 9.17) is 13.8 Å². The Labute approximate surface area is 201 Å². The molecule has 4 rings (SSSR count). The van der Waals surface area contributed by atoms with Crippen LogP contribution in [-0.4, -0.2) is 23.0 Å². The summed E-state index contributed by atoms with van der Waals surface area (Å²) in [5, 5.41) is 10.1. The molecule has 1 fully saturated rings. The Morgan fingerprint density at radius 1 is 1.18 bits per heavy atom. The van der Waals surface area contributed by atoms with E-state index < -0.39 is 7.60 Å². The molecule has 3 aromatic rings. The highest BCUT2D eigenvalue weighted by molar-refractivity contribution is 7.53. The summed E-state index contributed by atoms with van der Waals surface area (Å²) in [4.78, 5) is 4.12. The average Bonchev–Trinajstić information content (AvgIpc) is 2.81. The lowest BCUT2D eigenvalue weighted by molar-refractivity contribution is 0.0723. The fraction of sp³-hybridized carbons (Fsp3) is 0.370. The number of hydrogen-bond acceptors (Lipinski definition) is 6. The van der Waals surface area contributed by atoms with Gasteiger partial charge in [0.1, 0.15) is 11.5 Å². The maximum atomic E-state index is 13.2. The van der Waals surface area contributed by atoms with Gasteiger partial charge in [-0.05, 0) is 83.8 Å². The molecule has 1 aliphatic heterocycles. The van der Waals surface area contributed by atoms with Gasteiger partial charge in [-0.15, -0.1) is 0 Å². The van der Waals surface area contributed by atoms with E-state index in [1.54, 1.807) is 18.5 Å². The smallest absolute Gasteiger partial charge is 0.368 e. The first-order chi connectivity index (χ1) is 16.2. The van der Waals surface area contributed by atoms with E-state index in [0.29, 0.717) is 24.5 Å². The minimum Gasteiger partial charge on any atom is -0.508 e. The molecule has 1 aliphatic rings. The van der Waals surface area contributed by atoms with Crippen molar-refractivity contribution in [3.05, 3.63) is 88.2 Å². The molecular formula is C27H32NO5P. The van der Waals surface area contributed by atoms with Gasteiger partial charge in [0.2, 0.25) is 0 Å². The lowest BCUT2D eigenvalue weighted by Gasteiger charge is -2.29. The van der Waals surface area contributed by atoms with Gasteiger partial charge in [-0.2, -0.15) is 0 Å². The lowest BCUT2D eigenvalue weighted by atomic mass is 9.93. The molecule has 2 atom stereocenters. The van der Waals surface area contributed by atoms with Crippen LogP contribution in [-0.2, 0) is 20.0 Å². The van der Waals surface area contributed by atoms with Crippen LogP contribution in [0.5, 0.6) is 11.5 Å². The van der Waals surface area contributed by atoms with E-state index in [0.717, 1.165) is 34.2 Å². The Balaban J connectivity index is 1.45. The van der Waals surface area contributed by atoms with Crippen molar-refractivity contribution in [2.24, 2.45) is 0 Å². The summed E-state index contributed by atoms with van der Waals surface area (Å²) in [6.45, 7) is 8.60. The minimum atomic E-state index is -3.39. The van der Waals surface area contributed by atoms with Crippen molar-refractivity contribution in [3.8, 4) is 11.5 Å². The topological polar surface area (TPSA) is 77.9 Å². The third kappa shape index (κ3) is 5.69. The van der Waals surface area contributed by atoms with E-state index in [2.05, 4.69) is 24.9 Å². The number of nitrogens with zero attached hydrogens (tertiary/aromatic N) is 1. The van der Waals surface area contributed by atoms with Crippen molar-refractivity contribution in [1.29, 1.82) is 0 Å². The van der Waals surface area contributed by atoms with Crippen molar-refractivity contribution in [2.45, 2.75) is 52.6 Å². The van der Waals surface area contributed by atoms with Crippen LogP contribution in [0.3, 0.4) is 0 Å². The van der Waals surface area contributed by atoms with Crippen LogP contribution >= 0.6 is 7.60 Å². The summed E-state index contributed by atoms with van der Waals surface area (Å²) in [6, 6.07) is 13.5. The minimum absolute atomic E-state index is 0.141. The van der Waals surface area contributed by atoms with Crippen LogP contribution in [0.2, 0.25) is 0 Å². The number of phenolic OH excluding ortho intramolecular Hbond substituents is 1. The molecule has 6 nitrogen and oxygen atoms in total. The molecule has 0 unspecified atom stereocenters. The normalized spacial score (nSPS) is 20.4. The third-order valence-electron chi connectivity index (χ3n) is 6.17. The van der Waals surface area contributed by atoms with Gasteiger partial charge < -0.3 is 14.4 Å². The first kappa shape index (κ1) is 24.5. The first-order valence-electron chi connectivity index (χ1n) is 11.6. The van der Waals surface area contributed by atoms with Gasteiger partial charge in [-0.3, -0.25) is 14.1 Å². The van der Waals surface area contributed by atoms with Gasteiger partial charge in [0.05, 0.1) is 12.7 Å². The summed E-state index contributed by atoms with van der Waals surface area (Å²) in [5.41, 5.74) is 6.38. The summed E-state index contributed by atoms with van der Waals surface area (Å²) >= 11 is 0. The summed E-state index contributed by atoms with van der Waals surface area (Å²) in [5.74, 6) is 1.23. The maximum Gasteiger partial charge on any atom is 0.368 e. The van der Waals surface area contributed by atoms with Crippen LogP contribution in [0.15, 0.2) is 54.9 Å². The van der Waals surface area contributed by atoms with Crippen molar-refractivity contribution in [3.63, 3.8) is 0 Å². The van der Waals surface area contributed by atoms with Gasteiger partial charge in [0, 0.05) is 18.8 Å². The number of phenols is 1. The molecule has 0 bridgehead atoms. The second kappa shape index (κ2) is 10.3. The van der Waals surface area contributed by atoms with Crippen LogP contribution in [0.25, 0.3) is 0 Å². The maximum absolute atomic E-state index is 13.2. The van der Waals surface area contributed by atoms with Crippen LogP contribution in [0.1, 0.15) is 65.7 Å². The average molecular weight is 482 g/mol. The highest BCUT2D eigenvalue weighted by atomic mass is 31.2. The number of benzene rings is 2. The summed E-state index contributed by atoms with van der Waals surface area (Å²) in [6.07, 6.45) is 4.35. The molecule has 7 heteroatoms. The van der Waals surface area contributed by atoms with Crippen molar-refractivity contribution >= 4 is 7.60 Å².